The molecule has 3 aromatic carbocycles. The molecule has 18 nitrogen and oxygen atoms in total. The van der Waals surface area contributed by atoms with Gasteiger partial charge in [0, 0.05) is 87.8 Å². The summed E-state index contributed by atoms with van der Waals surface area (Å²) in [5.41, 5.74) is 3.03. The third-order valence-corrected chi connectivity index (χ3v) is 14.8. The van der Waals surface area contributed by atoms with Crippen molar-refractivity contribution in [1.82, 2.24) is 34.0 Å². The molecule has 348 valence electrons. The van der Waals surface area contributed by atoms with E-state index in [1.54, 1.807) is 54.6 Å². The summed E-state index contributed by atoms with van der Waals surface area (Å²) >= 11 is 6.45. The Morgan fingerprint density at radius 3 is 2.36 bits per heavy atom. The van der Waals surface area contributed by atoms with Gasteiger partial charge in [0.25, 0.3) is 11.8 Å². The minimum Gasteiger partial charge on any atom is -0.371 e. The normalized spacial score (nSPS) is 20.8. The Morgan fingerprint density at radius 1 is 0.851 bits per heavy atom. The van der Waals surface area contributed by atoms with Crippen molar-refractivity contribution in [3.63, 3.8) is 0 Å². The van der Waals surface area contributed by atoms with Crippen molar-refractivity contribution < 1.29 is 36.8 Å². The lowest BCUT2D eigenvalue weighted by Crippen LogP contribution is -2.55. The molecule has 7 heterocycles. The van der Waals surface area contributed by atoms with Crippen LogP contribution in [0.4, 0.5) is 38.9 Å². The van der Waals surface area contributed by atoms with Gasteiger partial charge in [0.15, 0.2) is 5.82 Å². The van der Waals surface area contributed by atoms with Crippen molar-refractivity contribution in [1.29, 1.82) is 0 Å². The van der Waals surface area contributed by atoms with Crippen molar-refractivity contribution in [3.8, 4) is 0 Å². The SMILES string of the molecule is CS(=O)(=O)n1ccc2cccc(Nc3nc(Nc4ccc(N5CCC(N6CCN(C(=O)C7CCN(c8ccc9c(c8)C(=O)N(C8CCC(=O)NC8=O)C9=O)C7)CC6)CC5)c(F)c4)ncc3Cl)c21. The number of piperidine rings is 2. The van der Waals surface area contributed by atoms with Crippen LogP contribution in [0.25, 0.3) is 10.9 Å². The largest absolute Gasteiger partial charge is 0.371 e. The molecule has 0 aliphatic carbocycles. The first-order chi connectivity index (χ1) is 32.2. The summed E-state index contributed by atoms with van der Waals surface area (Å²) in [7, 11) is -3.58. The molecule has 5 aliphatic heterocycles. The number of piperazine rings is 1. The van der Waals surface area contributed by atoms with Crippen LogP contribution in [0.3, 0.4) is 0 Å². The minimum atomic E-state index is -3.58. The standard InChI is InChI=1S/C46H47ClFN11O7S/c1-67(65,66)58-18-12-27-3-2-4-36(40(27)58)51-41-34(47)25-49-46(53-41)50-29-5-8-37(35(48)23-29)55-16-13-30(14-17-55)54-19-21-56(22-20-54)43(62)28-11-15-57(26-28)31-6-7-32-33(24-31)45(64)59(44(32)63)38-9-10-39(60)52-42(38)61/h2-8,12,18,23-25,28,30,38H,9-11,13-17,19-22,26H2,1H3,(H,52,60,61)(H2,49,50,51,53). The summed E-state index contributed by atoms with van der Waals surface area (Å²) in [5.74, 6) is -2.28. The molecule has 0 radical (unpaired) electrons. The van der Waals surface area contributed by atoms with Crippen LogP contribution in [-0.2, 0) is 24.4 Å². The molecule has 67 heavy (non-hydrogen) atoms. The molecule has 4 saturated heterocycles. The summed E-state index contributed by atoms with van der Waals surface area (Å²) in [5, 5.41) is 9.32. The van der Waals surface area contributed by atoms with Crippen LogP contribution in [-0.4, -0.2) is 137 Å². The van der Waals surface area contributed by atoms with Gasteiger partial charge >= 0.3 is 0 Å². The quantitative estimate of drug-likeness (QED) is 0.165. The van der Waals surface area contributed by atoms with Gasteiger partial charge in [0.1, 0.15) is 16.9 Å². The molecule has 0 spiro atoms. The van der Waals surface area contributed by atoms with Crippen molar-refractivity contribution in [3.05, 3.63) is 95.0 Å². The predicted molar refractivity (Wildman–Crippen MR) is 249 cm³/mol. The van der Waals surface area contributed by atoms with Crippen LogP contribution in [0.2, 0.25) is 5.02 Å². The van der Waals surface area contributed by atoms with E-state index in [4.69, 9.17) is 11.6 Å². The summed E-state index contributed by atoms with van der Waals surface area (Å²) in [6.45, 7) is 5.19. The first-order valence-electron chi connectivity index (χ1n) is 22.3. The number of carbonyl (C=O) groups excluding carboxylic acids is 5. The summed E-state index contributed by atoms with van der Waals surface area (Å²) in [4.78, 5) is 82.7. The smallest absolute Gasteiger partial charge is 0.262 e. The van der Waals surface area contributed by atoms with E-state index >= 15 is 4.39 Å². The van der Waals surface area contributed by atoms with Gasteiger partial charge in [-0.25, -0.2) is 21.8 Å². The molecule has 0 saturated carbocycles. The second kappa shape index (κ2) is 17.5. The first-order valence-corrected chi connectivity index (χ1v) is 24.5. The molecule has 5 aliphatic rings. The van der Waals surface area contributed by atoms with Gasteiger partial charge in [-0.1, -0.05) is 23.7 Å². The van der Waals surface area contributed by atoms with E-state index in [0.29, 0.717) is 79.7 Å². The molecule has 2 aromatic heterocycles. The van der Waals surface area contributed by atoms with Gasteiger partial charge in [0.05, 0.1) is 46.4 Å². The lowest BCUT2D eigenvalue weighted by molar-refractivity contribution is -0.137. The maximum atomic E-state index is 15.7. The van der Waals surface area contributed by atoms with Gasteiger partial charge in [0.2, 0.25) is 33.7 Å². The van der Waals surface area contributed by atoms with Gasteiger partial charge in [-0.15, -0.1) is 0 Å². The Labute approximate surface area is 390 Å². The highest BCUT2D eigenvalue weighted by Crippen LogP contribution is 2.35. The lowest BCUT2D eigenvalue weighted by atomic mass is 10.0. The van der Waals surface area contributed by atoms with Crippen molar-refractivity contribution in [2.45, 2.75) is 44.2 Å². The molecule has 5 amide bonds. The third kappa shape index (κ3) is 8.52. The van der Waals surface area contributed by atoms with Crippen LogP contribution < -0.4 is 25.8 Å². The third-order valence-electron chi connectivity index (χ3n) is 13.5. The van der Waals surface area contributed by atoms with Crippen LogP contribution in [0.5, 0.6) is 0 Å². The number of aromatic nitrogens is 3. The van der Waals surface area contributed by atoms with E-state index in [1.807, 2.05) is 4.90 Å². The van der Waals surface area contributed by atoms with Crippen LogP contribution in [0, 0.1) is 11.7 Å². The maximum absolute atomic E-state index is 15.7. The second-order valence-electron chi connectivity index (χ2n) is 17.6. The molecule has 0 bridgehead atoms. The fourth-order valence-corrected chi connectivity index (χ4v) is 11.0. The molecule has 21 heteroatoms. The van der Waals surface area contributed by atoms with Crippen LogP contribution in [0.15, 0.2) is 73.1 Å². The number of nitrogens with one attached hydrogen (secondary N) is 3. The Balaban J connectivity index is 0.700. The van der Waals surface area contributed by atoms with E-state index in [1.165, 1.54) is 22.4 Å². The number of anilines is 6. The monoisotopic (exact) mass is 951 g/mol. The summed E-state index contributed by atoms with van der Waals surface area (Å²) in [6.07, 6.45) is 6.51. The Morgan fingerprint density at radius 2 is 1.61 bits per heavy atom. The molecule has 2 unspecified atom stereocenters. The Hall–Kier alpha value is -6.64. The van der Waals surface area contributed by atoms with E-state index in [2.05, 4.69) is 40.6 Å². The van der Waals surface area contributed by atoms with Crippen molar-refractivity contribution in [2.75, 3.05) is 79.0 Å². The number of para-hydroxylation sites is 1. The van der Waals surface area contributed by atoms with E-state index in [9.17, 15) is 32.4 Å². The fraction of sp³-hybridized carbons (Fsp3) is 0.370. The number of fused-ring (bicyclic) bond motifs is 2. The fourth-order valence-electron chi connectivity index (χ4n) is 10.0. The van der Waals surface area contributed by atoms with Crippen LogP contribution in [0.1, 0.15) is 52.8 Å². The number of rotatable bonds is 10. The van der Waals surface area contributed by atoms with E-state index in [0.717, 1.165) is 42.8 Å². The zero-order valence-electron chi connectivity index (χ0n) is 36.5. The van der Waals surface area contributed by atoms with Gasteiger partial charge in [-0.05, 0) is 74.2 Å². The van der Waals surface area contributed by atoms with E-state index < -0.39 is 45.5 Å². The number of carbonyl (C=O) groups is 5. The predicted octanol–water partition coefficient (Wildman–Crippen LogP) is 4.56. The van der Waals surface area contributed by atoms with Crippen molar-refractivity contribution in [2.24, 2.45) is 5.92 Å². The Kier molecular flexibility index (Phi) is 11.6. The number of imide groups is 2. The maximum Gasteiger partial charge on any atom is 0.262 e. The number of hydrogen-bond acceptors (Lipinski definition) is 14. The van der Waals surface area contributed by atoms with Crippen LogP contribution >= 0.6 is 11.6 Å². The molecule has 2 atom stereocenters. The first kappa shape index (κ1) is 44.2. The van der Waals surface area contributed by atoms with E-state index in [-0.39, 0.29) is 52.6 Å². The average molecular weight is 952 g/mol. The zero-order valence-corrected chi connectivity index (χ0v) is 38.0. The lowest BCUT2D eigenvalue weighted by Gasteiger charge is -2.43. The molecular weight excluding hydrogens is 905 g/mol. The molecular formula is C46H47ClFN11O7S. The topological polar surface area (TPSA) is 202 Å². The molecule has 3 N–H and O–H groups in total. The highest BCUT2D eigenvalue weighted by Gasteiger charge is 2.45. The second-order valence-corrected chi connectivity index (χ2v) is 19.9. The van der Waals surface area contributed by atoms with Gasteiger partial charge in [-0.3, -0.25) is 39.1 Å². The summed E-state index contributed by atoms with van der Waals surface area (Å²) in [6, 6.07) is 16.3. The minimum absolute atomic E-state index is 0.0498. The van der Waals surface area contributed by atoms with Gasteiger partial charge < -0.3 is 25.3 Å². The number of benzene rings is 3. The zero-order chi connectivity index (χ0) is 46.7. The number of nitrogens with zero attached hydrogens (tertiary/aromatic N) is 8. The number of halogens is 2. The Bertz CT molecular complexity index is 2970. The summed E-state index contributed by atoms with van der Waals surface area (Å²) < 4.78 is 41.8. The van der Waals surface area contributed by atoms with Crippen molar-refractivity contribution >= 4 is 96.6 Å². The van der Waals surface area contributed by atoms with Gasteiger partial charge in [-0.2, -0.15) is 4.98 Å². The highest BCUT2D eigenvalue weighted by molar-refractivity contribution is 7.89. The molecule has 10 rings (SSSR count). The molecule has 4 fully saturated rings. The number of hydrogen-bond donors (Lipinski definition) is 3. The highest BCUT2D eigenvalue weighted by atomic mass is 35.5. The average Bonchev–Trinajstić information content (AvgIpc) is 4.05. The number of amides is 5. The molecule has 5 aromatic rings.